The van der Waals surface area contributed by atoms with E-state index in [-0.39, 0.29) is 35.6 Å². The minimum absolute atomic E-state index is 0. The van der Waals surface area contributed by atoms with Gasteiger partial charge in [0.2, 0.25) is 0 Å². The van der Waals surface area contributed by atoms with Gasteiger partial charge in [0.1, 0.15) is 0 Å². The molecule has 2 aliphatic rings. The van der Waals surface area contributed by atoms with Crippen molar-refractivity contribution >= 4 is 6.48 Å². The topological polar surface area (TPSA) is 0 Å². The van der Waals surface area contributed by atoms with Crippen molar-refractivity contribution in [2.75, 3.05) is 0 Å². The summed E-state index contributed by atoms with van der Waals surface area (Å²) >= 11 is -2.87. The minimum Gasteiger partial charge on any atom is -1.00 e. The van der Waals surface area contributed by atoms with Crippen molar-refractivity contribution in [3.05, 3.63) is 145 Å². The first-order valence-corrected chi connectivity index (χ1v) is 20.5. The van der Waals surface area contributed by atoms with Gasteiger partial charge in [-0.1, -0.05) is 0 Å². The number of fused-ring (bicyclic) bond motifs is 3. The monoisotopic (exact) mass is 738 g/mol. The van der Waals surface area contributed by atoms with Gasteiger partial charge in [0.25, 0.3) is 0 Å². The predicted octanol–water partition coefficient (Wildman–Crippen LogP) is 4.88. The van der Waals surface area contributed by atoms with Crippen LogP contribution in [0.3, 0.4) is 0 Å². The number of halogens is 2. The fourth-order valence-electron chi connectivity index (χ4n) is 7.49. The molecule has 3 heteroatoms. The second-order valence-electron chi connectivity index (χ2n) is 15.7. The molecule has 1 atom stereocenters. The smallest absolute Gasteiger partial charge is 1.00 e. The minimum atomic E-state index is -2.87. The molecule has 4 aromatic rings. The van der Waals surface area contributed by atoms with Crippen molar-refractivity contribution in [1.29, 1.82) is 0 Å². The first-order chi connectivity index (χ1) is 21.3. The summed E-state index contributed by atoms with van der Waals surface area (Å²) in [6.07, 6.45) is 3.63. The van der Waals surface area contributed by atoms with E-state index in [0.717, 1.165) is 6.42 Å². The SMILES string of the molecule is CC1=[C]([Zr+2](=[C](c2ccccc2)c2ccccc2)[c]2cc(C(C)(C)C)cc3c2Cc2ccc(C(C)(C)C)cc2-3)C(C)C=C1C(C)C.[Cl-].[Cl-]. The number of hydrogen-bond acceptors (Lipinski definition) is 0. The van der Waals surface area contributed by atoms with Crippen LogP contribution >= 0.6 is 0 Å². The zero-order chi connectivity index (χ0) is 32.3. The summed E-state index contributed by atoms with van der Waals surface area (Å²) in [6, 6.07) is 35.3. The number of benzene rings is 4. The molecule has 0 spiro atoms. The van der Waals surface area contributed by atoms with E-state index < -0.39 is 21.3 Å². The van der Waals surface area contributed by atoms with E-state index >= 15 is 0 Å². The van der Waals surface area contributed by atoms with Gasteiger partial charge in [-0.25, -0.2) is 0 Å². The van der Waals surface area contributed by atoms with Crippen LogP contribution in [0.4, 0.5) is 0 Å². The summed E-state index contributed by atoms with van der Waals surface area (Å²) in [5, 5.41) is 0. The van der Waals surface area contributed by atoms with Crippen LogP contribution in [0.5, 0.6) is 0 Å². The molecule has 0 amide bonds. The quantitative estimate of drug-likeness (QED) is 0.241. The maximum absolute atomic E-state index is 2.87. The summed E-state index contributed by atoms with van der Waals surface area (Å²) in [5.41, 5.74) is 15.0. The molecule has 1 unspecified atom stereocenters. The maximum Gasteiger partial charge on any atom is -1.00 e. The zero-order valence-electron chi connectivity index (χ0n) is 29.9. The van der Waals surface area contributed by atoms with Gasteiger partial charge < -0.3 is 24.8 Å². The zero-order valence-corrected chi connectivity index (χ0v) is 33.8. The number of hydrogen-bond donors (Lipinski definition) is 0. The van der Waals surface area contributed by atoms with Crippen LogP contribution in [0.25, 0.3) is 11.1 Å². The molecule has 6 rings (SSSR count). The number of allylic oxidation sites excluding steroid dienone is 4. The fraction of sp³-hybridized carbons (Fsp3) is 0.341. The Morgan fingerprint density at radius 2 is 1.23 bits per heavy atom. The van der Waals surface area contributed by atoms with Crippen molar-refractivity contribution < 1.29 is 46.1 Å². The van der Waals surface area contributed by atoms with Gasteiger partial charge in [0, 0.05) is 0 Å². The van der Waals surface area contributed by atoms with Crippen molar-refractivity contribution in [3.63, 3.8) is 0 Å². The van der Waals surface area contributed by atoms with Gasteiger partial charge in [-0.05, 0) is 0 Å². The van der Waals surface area contributed by atoms with Crippen LogP contribution in [-0.2, 0) is 38.5 Å². The summed E-state index contributed by atoms with van der Waals surface area (Å²) in [5.74, 6) is 0.975. The molecule has 2 aliphatic carbocycles. The Balaban J connectivity index is 0.00000250. The van der Waals surface area contributed by atoms with Crippen molar-refractivity contribution in [2.24, 2.45) is 11.8 Å². The molecule has 0 radical (unpaired) electrons. The summed E-state index contributed by atoms with van der Waals surface area (Å²) in [6.45, 7) is 23.8. The fourth-order valence-corrected chi connectivity index (χ4v) is 16.4. The Morgan fingerprint density at radius 3 is 1.72 bits per heavy atom. The molecular formula is C44H50Cl2Zr. The average Bonchev–Trinajstić information content (AvgIpc) is 3.51. The molecule has 244 valence electrons. The van der Waals surface area contributed by atoms with E-state index in [0.29, 0.717) is 11.8 Å². The standard InChI is InChI=1S/C21H25.C13H10.C10H15.2ClH.Zr/c1-20(2,3)16-9-7-14-11-15-8-10-17(21(4,5)6)13-19(15)18(14)12-16;1-3-7-12(8-4-1)11-13-9-5-2-6-10-13;1-7(2)10-6-8(3)5-9(10)4;;;/h7,9-10,12-13H,11H2,1-6H3;1-10H;6-8H,1-4H3;2*1H;/q;;;;;+2/p-2. The predicted molar refractivity (Wildman–Crippen MR) is 193 cm³/mol. The maximum atomic E-state index is 2.68. The summed E-state index contributed by atoms with van der Waals surface area (Å²) in [7, 11) is 0. The molecule has 0 N–H and O–H groups in total. The second kappa shape index (κ2) is 14.3. The number of rotatable bonds is 5. The van der Waals surface area contributed by atoms with Gasteiger partial charge in [0.05, 0.1) is 0 Å². The van der Waals surface area contributed by atoms with Crippen molar-refractivity contribution in [1.82, 2.24) is 0 Å². The molecule has 0 bridgehead atoms. The summed E-state index contributed by atoms with van der Waals surface area (Å²) < 4.78 is 5.04. The molecule has 0 nitrogen and oxygen atoms in total. The first kappa shape index (κ1) is 37.5. The normalized spacial score (nSPS) is 15.3. The average molecular weight is 741 g/mol. The van der Waals surface area contributed by atoms with Gasteiger partial charge in [-0.15, -0.1) is 0 Å². The van der Waals surface area contributed by atoms with E-state index in [2.05, 4.69) is 166 Å². The molecule has 0 aromatic heterocycles. The van der Waals surface area contributed by atoms with Crippen LogP contribution < -0.4 is 28.1 Å². The van der Waals surface area contributed by atoms with E-state index in [1.54, 1.807) is 26.5 Å². The van der Waals surface area contributed by atoms with Crippen LogP contribution in [0.1, 0.15) is 103 Å². The van der Waals surface area contributed by atoms with Crippen LogP contribution in [0.2, 0.25) is 0 Å². The largest absolute Gasteiger partial charge is 1.00 e. The Kier molecular flexibility index (Phi) is 11.4. The molecule has 0 aliphatic heterocycles. The van der Waals surface area contributed by atoms with E-state index in [9.17, 15) is 0 Å². The molecule has 0 heterocycles. The van der Waals surface area contributed by atoms with Crippen molar-refractivity contribution in [2.45, 2.75) is 86.5 Å². The van der Waals surface area contributed by atoms with Crippen molar-refractivity contribution in [3.8, 4) is 11.1 Å². The van der Waals surface area contributed by atoms with E-state index in [1.807, 2.05) is 0 Å². The van der Waals surface area contributed by atoms with Crippen LogP contribution in [-0.4, -0.2) is 3.21 Å². The van der Waals surface area contributed by atoms with Crippen LogP contribution in [0, 0.1) is 11.8 Å². The van der Waals surface area contributed by atoms with Gasteiger partial charge in [-0.2, -0.15) is 0 Å². The van der Waals surface area contributed by atoms with Gasteiger partial charge in [-0.3, -0.25) is 0 Å². The Hall–Kier alpha value is -2.31. The molecule has 47 heavy (non-hydrogen) atoms. The Labute approximate surface area is 304 Å². The molecule has 0 fully saturated rings. The van der Waals surface area contributed by atoms with Gasteiger partial charge >= 0.3 is 282 Å². The van der Waals surface area contributed by atoms with Crippen LogP contribution in [0.15, 0.2) is 111 Å². The summed E-state index contributed by atoms with van der Waals surface area (Å²) in [4.78, 5) is 0. The third kappa shape index (κ3) is 7.20. The molecular weight excluding hydrogens is 691 g/mol. The van der Waals surface area contributed by atoms with Gasteiger partial charge in [0.15, 0.2) is 0 Å². The van der Waals surface area contributed by atoms with E-state index in [4.69, 9.17) is 0 Å². The third-order valence-electron chi connectivity index (χ3n) is 10.0. The van der Waals surface area contributed by atoms with E-state index in [1.165, 1.54) is 38.9 Å². The Morgan fingerprint density at radius 1 is 0.702 bits per heavy atom. The Bertz CT molecular complexity index is 1820. The molecule has 4 aromatic carbocycles. The molecule has 0 saturated heterocycles. The second-order valence-corrected chi connectivity index (χ2v) is 21.4. The third-order valence-corrected chi connectivity index (χ3v) is 18.4. The first-order valence-electron chi connectivity index (χ1n) is 16.9. The molecule has 0 saturated carbocycles.